The van der Waals surface area contributed by atoms with Crippen LogP contribution in [0.3, 0.4) is 0 Å². The quantitative estimate of drug-likeness (QED) is 0.578. The Kier molecular flexibility index (Phi) is 3.94. The minimum absolute atomic E-state index is 0.0559. The largest absolute Gasteiger partial charge is 0.389 e. The number of primary amides is 1. The number of carbonyl (C=O) groups is 2. The average molecular weight is 254 g/mol. The monoisotopic (exact) mass is 254 g/mol. The first-order valence-electron chi connectivity index (χ1n) is 4.50. The van der Waals surface area contributed by atoms with E-state index in [2.05, 4.69) is 12.2 Å². The molecule has 0 atom stereocenters. The zero-order valence-electron chi connectivity index (χ0n) is 8.67. The average Bonchev–Trinajstić information content (AvgIpc) is 2.19. The van der Waals surface area contributed by atoms with Gasteiger partial charge in [0, 0.05) is 6.20 Å². The van der Waals surface area contributed by atoms with Gasteiger partial charge in [0.15, 0.2) is 0 Å². The summed E-state index contributed by atoms with van der Waals surface area (Å²) in [5.41, 5.74) is 9.74. The van der Waals surface area contributed by atoms with Crippen molar-refractivity contribution in [3.8, 4) is 0 Å². The molecule has 3 amide bonds. The molecular weight excluding hydrogens is 244 g/mol. The molecule has 5 N–H and O–H groups in total. The van der Waals surface area contributed by atoms with E-state index in [0.717, 1.165) is 4.57 Å². The van der Waals surface area contributed by atoms with Gasteiger partial charge in [-0.15, -0.1) is 0 Å². The molecule has 7 nitrogen and oxygen atoms in total. The Hall–Kier alpha value is -2.22. The fraction of sp³-hybridized carbons (Fsp3) is 0.111. The number of hydrogen-bond donors (Lipinski definition) is 3. The molecule has 0 aliphatic heterocycles. The topological polar surface area (TPSA) is 120 Å². The van der Waals surface area contributed by atoms with Crippen LogP contribution in [0.5, 0.6) is 0 Å². The Labute approximate surface area is 101 Å². The van der Waals surface area contributed by atoms with Gasteiger partial charge in [-0.25, -0.2) is 4.79 Å². The minimum atomic E-state index is -0.978. The van der Waals surface area contributed by atoms with Crippen LogP contribution in [0.1, 0.15) is 5.56 Å². The van der Waals surface area contributed by atoms with Crippen LogP contribution in [0.15, 0.2) is 23.1 Å². The van der Waals surface area contributed by atoms with Crippen LogP contribution in [-0.2, 0) is 11.3 Å². The van der Waals surface area contributed by atoms with Crippen molar-refractivity contribution in [3.05, 3.63) is 34.2 Å². The van der Waals surface area contributed by atoms with Crippen LogP contribution in [0.25, 0.3) is 0 Å². The van der Waals surface area contributed by atoms with Crippen molar-refractivity contribution in [1.82, 2.24) is 9.88 Å². The minimum Gasteiger partial charge on any atom is -0.389 e. The molecule has 0 aliphatic carbocycles. The highest BCUT2D eigenvalue weighted by molar-refractivity contribution is 7.80. The van der Waals surface area contributed by atoms with Crippen LogP contribution < -0.4 is 22.3 Å². The SMILES string of the molecule is NC(=O)NC(=O)Cn1cccc(C(N)=S)c1=O. The fourth-order valence-electron chi connectivity index (χ4n) is 1.18. The number of aromatic nitrogens is 1. The number of urea groups is 1. The predicted molar refractivity (Wildman–Crippen MR) is 64.3 cm³/mol. The van der Waals surface area contributed by atoms with E-state index >= 15 is 0 Å². The van der Waals surface area contributed by atoms with Crippen molar-refractivity contribution < 1.29 is 9.59 Å². The van der Waals surface area contributed by atoms with Crippen molar-refractivity contribution in [1.29, 1.82) is 0 Å². The van der Waals surface area contributed by atoms with Crippen molar-refractivity contribution in [2.75, 3.05) is 0 Å². The molecule has 0 bridgehead atoms. The van der Waals surface area contributed by atoms with Crippen LogP contribution in [0.4, 0.5) is 4.79 Å². The van der Waals surface area contributed by atoms with Crippen LogP contribution in [-0.4, -0.2) is 21.5 Å². The van der Waals surface area contributed by atoms with Gasteiger partial charge < -0.3 is 16.0 Å². The van der Waals surface area contributed by atoms with Gasteiger partial charge >= 0.3 is 6.03 Å². The number of rotatable bonds is 3. The Morgan fingerprint density at radius 2 is 2.06 bits per heavy atom. The second-order valence-corrected chi connectivity index (χ2v) is 3.57. The maximum Gasteiger partial charge on any atom is 0.318 e. The van der Waals surface area contributed by atoms with Crippen LogP contribution in [0, 0.1) is 0 Å². The third-order valence-corrected chi connectivity index (χ3v) is 2.08. The fourth-order valence-corrected chi connectivity index (χ4v) is 1.34. The normalized spacial score (nSPS) is 9.65. The summed E-state index contributed by atoms with van der Waals surface area (Å²) < 4.78 is 1.08. The first-order valence-corrected chi connectivity index (χ1v) is 4.91. The lowest BCUT2D eigenvalue weighted by Crippen LogP contribution is -2.39. The van der Waals surface area contributed by atoms with E-state index in [-0.39, 0.29) is 17.1 Å². The highest BCUT2D eigenvalue weighted by Crippen LogP contribution is 1.92. The van der Waals surface area contributed by atoms with Crippen molar-refractivity contribution in [2.45, 2.75) is 6.54 Å². The van der Waals surface area contributed by atoms with Crippen molar-refractivity contribution >= 4 is 29.1 Å². The standard InChI is InChI=1S/C9H10N4O3S/c10-7(17)5-2-1-3-13(8(5)15)4-6(14)12-9(11)16/h1-3H,4H2,(H2,10,17)(H3,11,12,14,16). The molecule has 1 rings (SSSR count). The van der Waals surface area contributed by atoms with Gasteiger partial charge in [-0.3, -0.25) is 14.9 Å². The lowest BCUT2D eigenvalue weighted by atomic mass is 10.3. The molecule has 0 radical (unpaired) electrons. The Morgan fingerprint density at radius 1 is 1.41 bits per heavy atom. The highest BCUT2D eigenvalue weighted by atomic mass is 32.1. The second kappa shape index (κ2) is 5.21. The summed E-state index contributed by atoms with van der Waals surface area (Å²) >= 11 is 4.68. The third kappa shape index (κ3) is 3.38. The molecule has 1 aromatic heterocycles. The summed E-state index contributed by atoms with van der Waals surface area (Å²) in [5, 5.41) is 1.84. The van der Waals surface area contributed by atoms with E-state index in [1.54, 1.807) is 0 Å². The van der Waals surface area contributed by atoms with Gasteiger partial charge in [0.25, 0.3) is 5.56 Å². The molecule has 1 heterocycles. The molecule has 0 unspecified atom stereocenters. The molecule has 17 heavy (non-hydrogen) atoms. The number of hydrogen-bond acceptors (Lipinski definition) is 4. The van der Waals surface area contributed by atoms with E-state index in [9.17, 15) is 14.4 Å². The summed E-state index contributed by atoms with van der Waals surface area (Å²) in [6.07, 6.45) is 1.38. The Balaban J connectivity index is 2.97. The van der Waals surface area contributed by atoms with Crippen molar-refractivity contribution in [3.63, 3.8) is 0 Å². The van der Waals surface area contributed by atoms with E-state index in [1.165, 1.54) is 18.3 Å². The molecule has 0 aliphatic rings. The molecular formula is C9H10N4O3S. The zero-order valence-corrected chi connectivity index (χ0v) is 9.49. The van der Waals surface area contributed by atoms with Crippen LogP contribution in [0.2, 0.25) is 0 Å². The van der Waals surface area contributed by atoms with Crippen molar-refractivity contribution in [2.24, 2.45) is 11.5 Å². The Morgan fingerprint density at radius 3 is 2.59 bits per heavy atom. The smallest absolute Gasteiger partial charge is 0.318 e. The number of thiocarbonyl (C=S) groups is 1. The zero-order chi connectivity index (χ0) is 13.0. The van der Waals surface area contributed by atoms with Crippen LogP contribution >= 0.6 is 12.2 Å². The number of amides is 3. The highest BCUT2D eigenvalue weighted by Gasteiger charge is 2.09. The molecule has 1 aromatic rings. The first-order chi connectivity index (χ1) is 7.91. The molecule has 0 fully saturated rings. The van der Waals surface area contributed by atoms with Gasteiger partial charge in [0.2, 0.25) is 5.91 Å². The number of imide groups is 1. The molecule has 90 valence electrons. The van der Waals surface area contributed by atoms with Gasteiger partial charge in [0.05, 0.1) is 5.56 Å². The number of pyridine rings is 1. The number of carbonyl (C=O) groups excluding carboxylic acids is 2. The summed E-state index contributed by atoms with van der Waals surface area (Å²) in [6, 6.07) is 1.99. The van der Waals surface area contributed by atoms with Gasteiger partial charge in [-0.05, 0) is 12.1 Å². The number of nitrogens with one attached hydrogen (secondary N) is 1. The van der Waals surface area contributed by atoms with E-state index in [0.29, 0.717) is 0 Å². The van der Waals surface area contributed by atoms with Gasteiger partial charge in [0.1, 0.15) is 11.5 Å². The lowest BCUT2D eigenvalue weighted by Gasteiger charge is -2.06. The van der Waals surface area contributed by atoms with Gasteiger partial charge in [-0.1, -0.05) is 12.2 Å². The molecule has 0 saturated heterocycles. The van der Waals surface area contributed by atoms with E-state index < -0.39 is 17.5 Å². The third-order valence-electron chi connectivity index (χ3n) is 1.86. The molecule has 0 aromatic carbocycles. The van der Waals surface area contributed by atoms with E-state index in [1.807, 2.05) is 5.32 Å². The second-order valence-electron chi connectivity index (χ2n) is 3.13. The Bertz CT molecular complexity index is 537. The summed E-state index contributed by atoms with van der Waals surface area (Å²) in [7, 11) is 0. The maximum atomic E-state index is 11.7. The molecule has 8 heteroatoms. The first kappa shape index (κ1) is 12.8. The lowest BCUT2D eigenvalue weighted by molar-refractivity contribution is -0.120. The van der Waals surface area contributed by atoms with E-state index in [4.69, 9.17) is 11.5 Å². The predicted octanol–water partition coefficient (Wildman–Crippen LogP) is -1.32. The number of nitrogens with two attached hydrogens (primary N) is 2. The summed E-state index contributed by atoms with van der Waals surface area (Å²) in [4.78, 5) is 33.3. The van der Waals surface area contributed by atoms with Gasteiger partial charge in [-0.2, -0.15) is 0 Å². The summed E-state index contributed by atoms with van der Waals surface area (Å²) in [6.45, 7) is -0.335. The summed E-state index contributed by atoms with van der Waals surface area (Å²) in [5.74, 6) is -0.695. The number of nitrogens with zero attached hydrogens (tertiary/aromatic N) is 1. The molecule has 0 spiro atoms. The molecule has 0 saturated carbocycles. The maximum absolute atomic E-state index is 11.7.